The second-order valence-corrected chi connectivity index (χ2v) is 9.39. The molecule has 0 bridgehead atoms. The number of nitrogens with one attached hydrogen (secondary N) is 1. The lowest BCUT2D eigenvalue weighted by Gasteiger charge is -2.27. The number of thiophene rings is 1. The number of rotatable bonds is 9. The van der Waals surface area contributed by atoms with Gasteiger partial charge in [-0.25, -0.2) is 0 Å². The second kappa shape index (κ2) is 9.91. The number of nitrogens with zero attached hydrogens (tertiary/aromatic N) is 1. The van der Waals surface area contributed by atoms with Crippen LogP contribution in [0.3, 0.4) is 0 Å². The first kappa shape index (κ1) is 23.7. The van der Waals surface area contributed by atoms with Gasteiger partial charge in [-0.15, -0.1) is 11.3 Å². The van der Waals surface area contributed by atoms with E-state index in [1.165, 1.54) is 11.3 Å². The number of aromatic nitrogens is 1. The molecule has 8 heteroatoms. The summed E-state index contributed by atoms with van der Waals surface area (Å²) in [5.41, 5.74) is 2.82. The van der Waals surface area contributed by atoms with Crippen molar-refractivity contribution in [3.05, 3.63) is 93.5 Å². The van der Waals surface area contributed by atoms with Crippen LogP contribution < -0.4 is 9.47 Å². The van der Waals surface area contributed by atoms with Gasteiger partial charge >= 0.3 is 0 Å². The first-order valence-electron chi connectivity index (χ1n) is 11.7. The van der Waals surface area contributed by atoms with Crippen LogP contribution in [0.25, 0.3) is 10.9 Å². The van der Waals surface area contributed by atoms with Crippen LogP contribution in [-0.2, 0) is 11.2 Å². The van der Waals surface area contributed by atoms with Crippen LogP contribution >= 0.6 is 11.3 Å². The number of carbonyl (C=O) groups is 2. The van der Waals surface area contributed by atoms with Crippen LogP contribution in [0.4, 0.5) is 0 Å². The number of amides is 1. The minimum atomic E-state index is -0.706. The van der Waals surface area contributed by atoms with E-state index in [9.17, 15) is 14.7 Å². The van der Waals surface area contributed by atoms with Gasteiger partial charge in [0.15, 0.2) is 5.76 Å². The van der Waals surface area contributed by atoms with Gasteiger partial charge in [0, 0.05) is 23.6 Å². The minimum absolute atomic E-state index is 0.104. The number of Topliss-reactive ketones (excluding diaryl/α,β-unsaturated/α-hetero) is 1. The van der Waals surface area contributed by atoms with E-state index in [1.54, 1.807) is 29.5 Å². The Morgan fingerprint density at radius 1 is 1.14 bits per heavy atom. The lowest BCUT2D eigenvalue weighted by atomic mass is 9.95. The molecule has 0 unspecified atom stereocenters. The van der Waals surface area contributed by atoms with Gasteiger partial charge in [0.1, 0.15) is 11.5 Å². The molecule has 2 aromatic heterocycles. The molecule has 36 heavy (non-hydrogen) atoms. The van der Waals surface area contributed by atoms with Crippen LogP contribution in [0.15, 0.2) is 77.5 Å². The molecule has 4 aromatic rings. The molecule has 3 heterocycles. The molecule has 5 rings (SSSR count). The van der Waals surface area contributed by atoms with Gasteiger partial charge in [0.2, 0.25) is 5.78 Å². The Kier molecular flexibility index (Phi) is 6.52. The number of aliphatic hydroxyl groups excluding tert-OH is 1. The number of aromatic amines is 1. The molecule has 0 radical (unpaired) electrons. The standard InChI is InChI=1S/C28H26N2O5S/c1-3-35-19-8-6-17(7-9-19)25-24(26(31)23-5-4-14-36-23)27(32)28(33)30(25)13-12-18-16-29-22-11-10-20(34-2)15-21(18)22/h4-11,14-16,25,29,32H,3,12-13H2,1-2H3/t25-/m0/s1. The molecule has 0 saturated heterocycles. The van der Waals surface area contributed by atoms with E-state index in [0.717, 1.165) is 27.8 Å². The Labute approximate surface area is 212 Å². The van der Waals surface area contributed by atoms with Crippen molar-refractivity contribution in [2.24, 2.45) is 0 Å². The summed E-state index contributed by atoms with van der Waals surface area (Å²) >= 11 is 1.28. The highest BCUT2D eigenvalue weighted by Gasteiger charge is 2.43. The number of carbonyl (C=O) groups excluding carboxylic acids is 2. The second-order valence-electron chi connectivity index (χ2n) is 8.45. The van der Waals surface area contributed by atoms with Crippen molar-refractivity contribution < 1.29 is 24.2 Å². The fourth-order valence-electron chi connectivity index (χ4n) is 4.65. The van der Waals surface area contributed by atoms with Crippen molar-refractivity contribution in [1.82, 2.24) is 9.88 Å². The van der Waals surface area contributed by atoms with Gasteiger partial charge < -0.3 is 24.5 Å². The summed E-state index contributed by atoms with van der Waals surface area (Å²) in [7, 11) is 1.62. The van der Waals surface area contributed by atoms with E-state index in [1.807, 2.05) is 55.6 Å². The number of benzene rings is 2. The number of fused-ring (bicyclic) bond motifs is 1. The molecular weight excluding hydrogens is 476 g/mol. The van der Waals surface area contributed by atoms with Crippen molar-refractivity contribution in [2.45, 2.75) is 19.4 Å². The lowest BCUT2D eigenvalue weighted by molar-refractivity contribution is -0.129. The molecule has 0 aliphatic carbocycles. The van der Waals surface area contributed by atoms with Gasteiger partial charge in [-0.1, -0.05) is 18.2 Å². The number of ketones is 1. The third-order valence-corrected chi connectivity index (χ3v) is 7.27. The molecule has 184 valence electrons. The predicted molar refractivity (Wildman–Crippen MR) is 139 cm³/mol. The molecule has 0 fully saturated rings. The van der Waals surface area contributed by atoms with Crippen molar-refractivity contribution >= 4 is 33.9 Å². The Morgan fingerprint density at radius 2 is 1.92 bits per heavy atom. The molecule has 2 aromatic carbocycles. The van der Waals surface area contributed by atoms with E-state index in [0.29, 0.717) is 30.2 Å². The van der Waals surface area contributed by atoms with Crippen molar-refractivity contribution in [3.63, 3.8) is 0 Å². The number of hydrogen-bond donors (Lipinski definition) is 2. The highest BCUT2D eigenvalue weighted by Crippen LogP contribution is 2.40. The summed E-state index contributed by atoms with van der Waals surface area (Å²) in [6.45, 7) is 2.75. The number of ether oxygens (including phenoxy) is 2. The molecule has 2 N–H and O–H groups in total. The molecule has 1 aliphatic heterocycles. The van der Waals surface area contributed by atoms with Crippen LogP contribution in [-0.4, -0.2) is 46.9 Å². The van der Waals surface area contributed by atoms with E-state index >= 15 is 0 Å². The van der Waals surface area contributed by atoms with Crippen molar-refractivity contribution in [3.8, 4) is 11.5 Å². The van der Waals surface area contributed by atoms with E-state index in [2.05, 4.69) is 4.98 Å². The Morgan fingerprint density at radius 3 is 2.61 bits per heavy atom. The summed E-state index contributed by atoms with van der Waals surface area (Å²) in [4.78, 5) is 32.0. The zero-order valence-electron chi connectivity index (χ0n) is 20.0. The molecule has 7 nitrogen and oxygen atoms in total. The fraction of sp³-hybridized carbons (Fsp3) is 0.214. The smallest absolute Gasteiger partial charge is 0.290 e. The van der Waals surface area contributed by atoms with Gasteiger partial charge in [0.25, 0.3) is 5.91 Å². The van der Waals surface area contributed by atoms with Crippen LogP contribution in [0.1, 0.15) is 33.8 Å². The maximum absolute atomic E-state index is 13.4. The van der Waals surface area contributed by atoms with E-state index in [-0.39, 0.29) is 11.4 Å². The SMILES string of the molecule is CCOc1ccc([C@H]2C(C(=O)c3cccs3)=C(O)C(=O)N2CCc2c[nH]c3ccc(OC)cc23)cc1. The van der Waals surface area contributed by atoms with Gasteiger partial charge in [0.05, 0.1) is 30.2 Å². The van der Waals surface area contributed by atoms with Crippen molar-refractivity contribution in [2.75, 3.05) is 20.3 Å². The van der Waals surface area contributed by atoms with E-state index in [4.69, 9.17) is 9.47 Å². The van der Waals surface area contributed by atoms with Gasteiger partial charge in [-0.2, -0.15) is 0 Å². The molecule has 1 amide bonds. The summed E-state index contributed by atoms with van der Waals surface area (Å²) in [5, 5.41) is 13.7. The molecule has 0 saturated carbocycles. The van der Waals surface area contributed by atoms with E-state index < -0.39 is 17.7 Å². The average Bonchev–Trinajstić information content (AvgIpc) is 3.63. The van der Waals surface area contributed by atoms with Gasteiger partial charge in [-0.05, 0) is 66.2 Å². The topological polar surface area (TPSA) is 91.9 Å². The zero-order chi connectivity index (χ0) is 25.2. The zero-order valence-corrected chi connectivity index (χ0v) is 20.8. The predicted octanol–water partition coefficient (Wildman–Crippen LogP) is 5.46. The lowest BCUT2D eigenvalue weighted by Crippen LogP contribution is -2.33. The monoisotopic (exact) mass is 502 g/mol. The fourth-order valence-corrected chi connectivity index (χ4v) is 5.33. The van der Waals surface area contributed by atoms with Crippen LogP contribution in [0.5, 0.6) is 11.5 Å². The maximum Gasteiger partial charge on any atom is 0.290 e. The Bertz CT molecular complexity index is 1440. The summed E-state index contributed by atoms with van der Waals surface area (Å²) in [6, 6.07) is 15.9. The largest absolute Gasteiger partial charge is 0.503 e. The first-order valence-corrected chi connectivity index (χ1v) is 12.6. The number of H-pyrrole nitrogens is 1. The molecule has 1 atom stereocenters. The summed E-state index contributed by atoms with van der Waals surface area (Å²) in [6.07, 6.45) is 2.45. The molecule has 1 aliphatic rings. The molecular formula is C28H26N2O5S. The summed E-state index contributed by atoms with van der Waals surface area (Å²) in [5.74, 6) is 0.0633. The normalized spacial score (nSPS) is 15.7. The maximum atomic E-state index is 13.4. The van der Waals surface area contributed by atoms with Crippen molar-refractivity contribution in [1.29, 1.82) is 0 Å². The third kappa shape index (κ3) is 4.24. The number of hydrogen-bond acceptors (Lipinski definition) is 6. The highest BCUT2D eigenvalue weighted by atomic mass is 32.1. The first-order chi connectivity index (χ1) is 17.5. The quantitative estimate of drug-likeness (QED) is 0.297. The Balaban J connectivity index is 1.49. The summed E-state index contributed by atoms with van der Waals surface area (Å²) < 4.78 is 10.9. The Hall–Kier alpha value is -4.04. The molecule has 0 spiro atoms. The number of methoxy groups -OCH3 is 1. The minimum Gasteiger partial charge on any atom is -0.503 e. The van der Waals surface area contributed by atoms with Crippen LogP contribution in [0, 0.1) is 0 Å². The number of aliphatic hydroxyl groups is 1. The average molecular weight is 503 g/mol. The highest BCUT2D eigenvalue weighted by molar-refractivity contribution is 7.12. The van der Waals surface area contributed by atoms with Crippen LogP contribution in [0.2, 0.25) is 0 Å². The van der Waals surface area contributed by atoms with Gasteiger partial charge in [-0.3, -0.25) is 9.59 Å². The third-order valence-electron chi connectivity index (χ3n) is 6.40.